The van der Waals surface area contributed by atoms with Crippen LogP contribution in [0.2, 0.25) is 0 Å². The number of aromatic nitrogens is 2. The van der Waals surface area contributed by atoms with Crippen molar-refractivity contribution in [3.63, 3.8) is 0 Å². The topological polar surface area (TPSA) is 49.8 Å². The summed E-state index contributed by atoms with van der Waals surface area (Å²) in [5, 5.41) is 5.79. The molecule has 2 rings (SSSR count). The number of benzene rings is 1. The fourth-order valence-electron chi connectivity index (χ4n) is 1.46. The van der Waals surface area contributed by atoms with Crippen molar-refractivity contribution in [2.45, 2.75) is 6.92 Å². The summed E-state index contributed by atoms with van der Waals surface area (Å²) >= 11 is 3.01. The predicted molar refractivity (Wildman–Crippen MR) is 73.5 cm³/mol. The molecule has 0 aliphatic carbocycles. The Labute approximate surface area is 117 Å². The molecule has 0 unspecified atom stereocenters. The molecular formula is C12H11BrF2N4. The fourth-order valence-corrected chi connectivity index (χ4v) is 1.80. The zero-order valence-electron chi connectivity index (χ0n) is 10.0. The lowest BCUT2D eigenvalue weighted by molar-refractivity contribution is 0.581. The van der Waals surface area contributed by atoms with Gasteiger partial charge in [-0.15, -0.1) is 0 Å². The molecule has 19 heavy (non-hydrogen) atoms. The molecule has 0 amide bonds. The number of hydrogen-bond donors (Lipinski definition) is 2. The summed E-state index contributed by atoms with van der Waals surface area (Å²) in [5.41, 5.74) is 0.134. The molecule has 1 aromatic carbocycles. The van der Waals surface area contributed by atoms with Crippen LogP contribution in [0.4, 0.5) is 26.1 Å². The quantitative estimate of drug-likeness (QED) is 0.840. The Morgan fingerprint density at radius 2 is 1.84 bits per heavy atom. The highest BCUT2D eigenvalue weighted by molar-refractivity contribution is 9.10. The van der Waals surface area contributed by atoms with Crippen LogP contribution in [0.5, 0.6) is 0 Å². The Bertz CT molecular complexity index is 592. The van der Waals surface area contributed by atoms with Crippen molar-refractivity contribution in [3.8, 4) is 0 Å². The van der Waals surface area contributed by atoms with E-state index in [1.807, 2.05) is 6.92 Å². The van der Waals surface area contributed by atoms with Crippen LogP contribution in [0.15, 0.2) is 29.0 Å². The van der Waals surface area contributed by atoms with E-state index in [4.69, 9.17) is 0 Å². The molecule has 100 valence electrons. The van der Waals surface area contributed by atoms with E-state index in [0.29, 0.717) is 18.2 Å². The van der Waals surface area contributed by atoms with Crippen molar-refractivity contribution in [1.29, 1.82) is 0 Å². The van der Waals surface area contributed by atoms with Gasteiger partial charge in [0.25, 0.3) is 0 Å². The van der Waals surface area contributed by atoms with Gasteiger partial charge in [-0.25, -0.2) is 18.7 Å². The molecule has 0 aliphatic rings. The van der Waals surface area contributed by atoms with E-state index < -0.39 is 11.6 Å². The van der Waals surface area contributed by atoms with Crippen molar-refractivity contribution in [1.82, 2.24) is 9.97 Å². The van der Waals surface area contributed by atoms with Gasteiger partial charge in [-0.05, 0) is 28.9 Å². The third-order valence-electron chi connectivity index (χ3n) is 2.30. The van der Waals surface area contributed by atoms with Crippen LogP contribution in [0.1, 0.15) is 6.92 Å². The minimum Gasteiger partial charge on any atom is -0.370 e. The monoisotopic (exact) mass is 328 g/mol. The van der Waals surface area contributed by atoms with Crippen LogP contribution in [0, 0.1) is 11.6 Å². The predicted octanol–water partition coefficient (Wildman–Crippen LogP) is 3.69. The normalized spacial score (nSPS) is 10.3. The minimum atomic E-state index is -0.690. The standard InChI is InChI=1S/C12H11BrF2N4/c1-2-16-11-5-12(18-6-17-11)19-10-3-7(13)8(14)4-9(10)15/h3-6H,2H2,1H3,(H2,16,17,18,19). The van der Waals surface area contributed by atoms with Crippen LogP contribution in [-0.4, -0.2) is 16.5 Å². The van der Waals surface area contributed by atoms with E-state index in [1.165, 1.54) is 12.4 Å². The SMILES string of the molecule is CCNc1cc(Nc2cc(Br)c(F)cc2F)ncn1. The lowest BCUT2D eigenvalue weighted by Crippen LogP contribution is -2.02. The van der Waals surface area contributed by atoms with Crippen molar-refractivity contribution < 1.29 is 8.78 Å². The highest BCUT2D eigenvalue weighted by atomic mass is 79.9. The van der Waals surface area contributed by atoms with Gasteiger partial charge in [0.15, 0.2) is 0 Å². The lowest BCUT2D eigenvalue weighted by Gasteiger charge is -2.09. The van der Waals surface area contributed by atoms with Crippen molar-refractivity contribution in [3.05, 3.63) is 40.6 Å². The second-order valence-corrected chi connectivity index (χ2v) is 4.54. The van der Waals surface area contributed by atoms with Crippen molar-refractivity contribution in [2.24, 2.45) is 0 Å². The van der Waals surface area contributed by atoms with Crippen LogP contribution >= 0.6 is 15.9 Å². The first-order chi connectivity index (χ1) is 9.10. The molecule has 0 bridgehead atoms. The molecule has 4 nitrogen and oxygen atoms in total. The van der Waals surface area contributed by atoms with E-state index in [9.17, 15) is 8.78 Å². The molecule has 2 N–H and O–H groups in total. The molecule has 7 heteroatoms. The molecule has 0 aliphatic heterocycles. The Kier molecular flexibility index (Phi) is 4.26. The molecule has 0 saturated heterocycles. The summed E-state index contributed by atoms with van der Waals surface area (Å²) in [7, 11) is 0. The van der Waals surface area contributed by atoms with Crippen molar-refractivity contribution >= 4 is 33.3 Å². The van der Waals surface area contributed by atoms with Gasteiger partial charge in [-0.3, -0.25) is 0 Å². The highest BCUT2D eigenvalue weighted by Gasteiger charge is 2.09. The molecule has 1 aromatic heterocycles. The van der Waals surface area contributed by atoms with Gasteiger partial charge in [-0.1, -0.05) is 0 Å². The molecule has 0 fully saturated rings. The molecule has 0 atom stereocenters. The van der Waals surface area contributed by atoms with E-state index in [1.54, 1.807) is 6.07 Å². The number of rotatable bonds is 4. The van der Waals surface area contributed by atoms with E-state index >= 15 is 0 Å². The Hall–Kier alpha value is -1.76. The number of halogens is 3. The van der Waals surface area contributed by atoms with Gasteiger partial charge in [-0.2, -0.15) is 0 Å². The smallest absolute Gasteiger partial charge is 0.149 e. The fraction of sp³-hybridized carbons (Fsp3) is 0.167. The maximum atomic E-state index is 13.6. The summed E-state index contributed by atoms with van der Waals surface area (Å²) < 4.78 is 26.9. The Balaban J connectivity index is 2.25. The average molecular weight is 329 g/mol. The highest BCUT2D eigenvalue weighted by Crippen LogP contribution is 2.26. The van der Waals surface area contributed by atoms with Gasteiger partial charge < -0.3 is 10.6 Å². The summed E-state index contributed by atoms with van der Waals surface area (Å²) in [6.07, 6.45) is 1.36. The van der Waals surface area contributed by atoms with Crippen LogP contribution in [0.3, 0.4) is 0 Å². The zero-order chi connectivity index (χ0) is 13.8. The van der Waals surface area contributed by atoms with Gasteiger partial charge in [0.05, 0.1) is 10.2 Å². The minimum absolute atomic E-state index is 0.134. The zero-order valence-corrected chi connectivity index (χ0v) is 11.6. The van der Waals surface area contributed by atoms with Crippen LogP contribution in [0.25, 0.3) is 0 Å². The largest absolute Gasteiger partial charge is 0.370 e. The Morgan fingerprint density at radius 3 is 2.58 bits per heavy atom. The van der Waals surface area contributed by atoms with E-state index in [0.717, 1.165) is 6.07 Å². The first-order valence-corrected chi connectivity index (χ1v) is 6.37. The van der Waals surface area contributed by atoms with Gasteiger partial charge in [0.2, 0.25) is 0 Å². The first kappa shape index (κ1) is 13.7. The second kappa shape index (κ2) is 5.92. The molecule has 1 heterocycles. The molecule has 0 radical (unpaired) electrons. The number of nitrogens with zero attached hydrogens (tertiary/aromatic N) is 2. The molecule has 0 saturated carbocycles. The van der Waals surface area contributed by atoms with Gasteiger partial charge in [0, 0.05) is 18.7 Å². The maximum absolute atomic E-state index is 13.6. The summed E-state index contributed by atoms with van der Waals surface area (Å²) in [4.78, 5) is 7.97. The molecular weight excluding hydrogens is 318 g/mol. The first-order valence-electron chi connectivity index (χ1n) is 5.57. The third-order valence-corrected chi connectivity index (χ3v) is 2.91. The van der Waals surface area contributed by atoms with Crippen molar-refractivity contribution in [2.75, 3.05) is 17.2 Å². The van der Waals surface area contributed by atoms with E-state index in [-0.39, 0.29) is 10.2 Å². The van der Waals surface area contributed by atoms with Gasteiger partial charge >= 0.3 is 0 Å². The van der Waals surface area contributed by atoms with Crippen LogP contribution in [-0.2, 0) is 0 Å². The van der Waals surface area contributed by atoms with E-state index in [2.05, 4.69) is 36.5 Å². The summed E-state index contributed by atoms with van der Waals surface area (Å²) in [5.74, 6) is -0.298. The second-order valence-electron chi connectivity index (χ2n) is 3.69. The summed E-state index contributed by atoms with van der Waals surface area (Å²) in [6.45, 7) is 2.65. The van der Waals surface area contributed by atoms with Gasteiger partial charge in [0.1, 0.15) is 29.6 Å². The maximum Gasteiger partial charge on any atom is 0.149 e. The Morgan fingerprint density at radius 1 is 1.11 bits per heavy atom. The average Bonchev–Trinajstić information content (AvgIpc) is 2.37. The number of hydrogen-bond acceptors (Lipinski definition) is 4. The third kappa shape index (κ3) is 3.37. The lowest BCUT2D eigenvalue weighted by atomic mass is 10.3. The molecule has 0 spiro atoms. The molecule has 2 aromatic rings. The van der Waals surface area contributed by atoms with Crippen LogP contribution < -0.4 is 10.6 Å². The number of nitrogens with one attached hydrogen (secondary N) is 2. The summed E-state index contributed by atoms with van der Waals surface area (Å²) in [6, 6.07) is 3.76. The number of anilines is 3.